The monoisotopic (exact) mass is 390 g/mol. The van der Waals surface area contributed by atoms with Gasteiger partial charge in [-0.3, -0.25) is 0 Å². The van der Waals surface area contributed by atoms with E-state index in [2.05, 4.69) is 12.1 Å². The highest BCUT2D eigenvalue weighted by Gasteiger charge is 2.31. The second kappa shape index (κ2) is 8.43. The van der Waals surface area contributed by atoms with E-state index in [1.807, 2.05) is 30.3 Å². The number of ether oxygens (including phenoxy) is 2. The molecule has 0 radical (unpaired) electrons. The van der Waals surface area contributed by atoms with Crippen molar-refractivity contribution in [1.29, 1.82) is 10.5 Å². The van der Waals surface area contributed by atoms with Gasteiger partial charge in [0.05, 0.1) is 46.4 Å². The first-order valence-corrected chi connectivity index (χ1v) is 9.22. The Bertz CT molecular complexity index is 997. The van der Waals surface area contributed by atoms with Crippen molar-refractivity contribution in [2.45, 2.75) is 12.5 Å². The second-order valence-corrected chi connectivity index (χ2v) is 7.08. The summed E-state index contributed by atoms with van der Waals surface area (Å²) in [6.45, 7) is 0.355. The van der Waals surface area contributed by atoms with Crippen LogP contribution in [0.4, 0.5) is 0 Å². The van der Waals surface area contributed by atoms with Gasteiger partial charge in [0.25, 0.3) is 0 Å². The number of thioether (sulfide) groups is 1. The van der Waals surface area contributed by atoms with Crippen molar-refractivity contribution in [3.8, 4) is 23.6 Å². The van der Waals surface area contributed by atoms with Gasteiger partial charge in [-0.25, -0.2) is 0 Å². The van der Waals surface area contributed by atoms with Crippen molar-refractivity contribution in [3.63, 3.8) is 0 Å². The van der Waals surface area contributed by atoms with Crippen molar-refractivity contribution >= 4 is 11.8 Å². The minimum atomic E-state index is -0.638. The predicted molar refractivity (Wildman–Crippen MR) is 108 cm³/mol. The Labute approximate surface area is 167 Å². The standard InChI is InChI=1S/C21H18N4O2S/c1-26-17-8-7-14(9-18(17)27-12-13-5-3-2-4-6-13)19-15(10-22)20(24)28-21(25)16(19)11-23/h2-9,19H,12,24-25H2,1H3. The summed E-state index contributed by atoms with van der Waals surface area (Å²) in [6.07, 6.45) is 0. The van der Waals surface area contributed by atoms with Crippen molar-refractivity contribution in [1.82, 2.24) is 0 Å². The number of benzene rings is 2. The van der Waals surface area contributed by atoms with E-state index in [1.54, 1.807) is 25.3 Å². The van der Waals surface area contributed by atoms with E-state index in [1.165, 1.54) is 0 Å². The zero-order valence-electron chi connectivity index (χ0n) is 15.2. The number of rotatable bonds is 5. The van der Waals surface area contributed by atoms with Gasteiger partial charge in [0.1, 0.15) is 6.61 Å². The van der Waals surface area contributed by atoms with Gasteiger partial charge in [-0.1, -0.05) is 48.2 Å². The number of hydrogen-bond donors (Lipinski definition) is 2. The molecule has 0 saturated carbocycles. The number of allylic oxidation sites excluding steroid dienone is 2. The lowest BCUT2D eigenvalue weighted by atomic mass is 9.85. The molecule has 3 rings (SSSR count). The third-order valence-corrected chi connectivity index (χ3v) is 5.21. The van der Waals surface area contributed by atoms with Crippen molar-refractivity contribution in [3.05, 3.63) is 80.9 Å². The van der Waals surface area contributed by atoms with Crippen LogP contribution in [-0.2, 0) is 6.61 Å². The Balaban J connectivity index is 2.01. The molecule has 0 atom stereocenters. The van der Waals surface area contributed by atoms with Crippen LogP contribution in [0.3, 0.4) is 0 Å². The Hall–Kier alpha value is -3.55. The number of hydrogen-bond acceptors (Lipinski definition) is 7. The molecule has 0 aromatic heterocycles. The molecule has 2 aromatic rings. The fraction of sp³-hybridized carbons (Fsp3) is 0.143. The molecule has 1 heterocycles. The molecule has 0 unspecified atom stereocenters. The molecule has 0 amide bonds. The molecule has 0 fully saturated rings. The van der Waals surface area contributed by atoms with Crippen LogP contribution in [0.15, 0.2) is 69.7 Å². The molecule has 0 aliphatic carbocycles. The minimum Gasteiger partial charge on any atom is -0.493 e. The average Bonchev–Trinajstić information content (AvgIpc) is 2.72. The lowest BCUT2D eigenvalue weighted by Crippen LogP contribution is -2.18. The normalized spacial score (nSPS) is 14.4. The summed E-state index contributed by atoms with van der Waals surface area (Å²) >= 11 is 1.04. The molecule has 1 aliphatic heterocycles. The zero-order chi connectivity index (χ0) is 20.1. The molecule has 28 heavy (non-hydrogen) atoms. The molecule has 0 bridgehead atoms. The lowest BCUT2D eigenvalue weighted by Gasteiger charge is -2.24. The van der Waals surface area contributed by atoms with E-state index in [4.69, 9.17) is 20.9 Å². The summed E-state index contributed by atoms with van der Waals surface area (Å²) in [7, 11) is 1.55. The fourth-order valence-corrected chi connectivity index (χ4v) is 3.73. The molecule has 140 valence electrons. The molecule has 2 aromatic carbocycles. The SMILES string of the molecule is COc1ccc(C2C(C#N)=C(N)SC(N)=C2C#N)cc1OCc1ccccc1. The topological polar surface area (TPSA) is 118 Å². The summed E-state index contributed by atoms with van der Waals surface area (Å²) in [5, 5.41) is 19.8. The van der Waals surface area contributed by atoms with Crippen LogP contribution in [0.25, 0.3) is 0 Å². The minimum absolute atomic E-state index is 0.298. The van der Waals surface area contributed by atoms with E-state index in [0.717, 1.165) is 17.3 Å². The van der Waals surface area contributed by atoms with Gasteiger partial charge in [-0.05, 0) is 23.3 Å². The maximum Gasteiger partial charge on any atom is 0.161 e. The van der Waals surface area contributed by atoms with Gasteiger partial charge in [0.15, 0.2) is 11.5 Å². The van der Waals surface area contributed by atoms with Gasteiger partial charge in [-0.2, -0.15) is 10.5 Å². The maximum atomic E-state index is 9.58. The number of methoxy groups -OCH3 is 1. The Morgan fingerprint density at radius 2 is 1.61 bits per heavy atom. The largest absolute Gasteiger partial charge is 0.493 e. The first kappa shape index (κ1) is 19.2. The highest BCUT2D eigenvalue weighted by Crippen LogP contribution is 2.44. The van der Waals surface area contributed by atoms with Crippen molar-refractivity contribution in [2.75, 3.05) is 7.11 Å². The zero-order valence-corrected chi connectivity index (χ0v) is 16.0. The van der Waals surface area contributed by atoms with Crippen molar-refractivity contribution < 1.29 is 9.47 Å². The summed E-state index contributed by atoms with van der Waals surface area (Å²) in [5.74, 6) is 0.422. The van der Waals surface area contributed by atoms with Gasteiger partial charge in [0.2, 0.25) is 0 Å². The first-order chi connectivity index (χ1) is 13.6. The smallest absolute Gasteiger partial charge is 0.161 e. The summed E-state index contributed by atoms with van der Waals surface area (Å²) < 4.78 is 11.3. The lowest BCUT2D eigenvalue weighted by molar-refractivity contribution is 0.284. The first-order valence-electron chi connectivity index (χ1n) is 8.41. The highest BCUT2D eigenvalue weighted by atomic mass is 32.2. The Kier molecular flexibility index (Phi) is 5.78. The van der Waals surface area contributed by atoms with Gasteiger partial charge in [-0.15, -0.1) is 0 Å². The highest BCUT2D eigenvalue weighted by molar-refractivity contribution is 8.06. The van der Waals surface area contributed by atoms with E-state index in [-0.39, 0.29) is 0 Å². The summed E-state index contributed by atoms with van der Waals surface area (Å²) in [4.78, 5) is 0. The molecule has 4 N–H and O–H groups in total. The van der Waals surface area contributed by atoms with Crippen LogP contribution in [0.1, 0.15) is 17.0 Å². The van der Waals surface area contributed by atoms with Crippen LogP contribution in [0.2, 0.25) is 0 Å². The van der Waals surface area contributed by atoms with Crippen LogP contribution in [0, 0.1) is 22.7 Å². The third-order valence-electron chi connectivity index (χ3n) is 4.33. The van der Waals surface area contributed by atoms with E-state index in [0.29, 0.717) is 44.9 Å². The predicted octanol–water partition coefficient (Wildman–Crippen LogP) is 3.49. The molecular formula is C21H18N4O2S. The Morgan fingerprint density at radius 3 is 2.18 bits per heavy atom. The average molecular weight is 390 g/mol. The molecular weight excluding hydrogens is 372 g/mol. The molecule has 1 aliphatic rings. The summed E-state index contributed by atoms with van der Waals surface area (Å²) in [5.41, 5.74) is 14.3. The maximum absolute atomic E-state index is 9.58. The molecule has 7 heteroatoms. The number of nitrogens with two attached hydrogens (primary N) is 2. The van der Waals surface area contributed by atoms with E-state index in [9.17, 15) is 10.5 Å². The quantitative estimate of drug-likeness (QED) is 0.802. The molecule has 0 spiro atoms. The number of nitrogens with zero attached hydrogens (tertiary/aromatic N) is 2. The second-order valence-electron chi connectivity index (χ2n) is 6.00. The van der Waals surface area contributed by atoms with Gasteiger partial charge < -0.3 is 20.9 Å². The van der Waals surface area contributed by atoms with Gasteiger partial charge in [0, 0.05) is 0 Å². The Morgan fingerprint density at radius 1 is 0.964 bits per heavy atom. The van der Waals surface area contributed by atoms with Gasteiger partial charge >= 0.3 is 0 Å². The molecule has 0 saturated heterocycles. The van der Waals surface area contributed by atoms with Crippen molar-refractivity contribution in [2.24, 2.45) is 11.5 Å². The van der Waals surface area contributed by atoms with Crippen LogP contribution < -0.4 is 20.9 Å². The molecule has 6 nitrogen and oxygen atoms in total. The fourth-order valence-electron chi connectivity index (χ4n) is 2.95. The third kappa shape index (κ3) is 3.75. The van der Waals surface area contributed by atoms with Crippen LogP contribution >= 0.6 is 11.8 Å². The van der Waals surface area contributed by atoms with E-state index >= 15 is 0 Å². The van der Waals surface area contributed by atoms with Crippen LogP contribution in [-0.4, -0.2) is 7.11 Å². The summed E-state index contributed by atoms with van der Waals surface area (Å²) in [6, 6.07) is 19.2. The van der Waals surface area contributed by atoms with Crippen LogP contribution in [0.5, 0.6) is 11.5 Å². The number of nitriles is 2. The van der Waals surface area contributed by atoms with E-state index < -0.39 is 5.92 Å².